The molecule has 1 aromatic carbocycles. The molecule has 0 aliphatic rings. The molecule has 1 amide bonds. The lowest BCUT2D eigenvalue weighted by Crippen LogP contribution is -2.18. The average molecular weight is 337 g/mol. The van der Waals surface area contributed by atoms with Crippen LogP contribution < -0.4 is 16.8 Å². The number of nitrogens with two attached hydrogens (primary N) is 2. The van der Waals surface area contributed by atoms with Crippen molar-refractivity contribution in [1.29, 1.82) is 5.41 Å². The van der Waals surface area contributed by atoms with E-state index in [0.717, 1.165) is 10.9 Å². The molecule has 25 heavy (non-hydrogen) atoms. The minimum atomic E-state index is -0.496. The van der Waals surface area contributed by atoms with E-state index in [4.69, 9.17) is 16.9 Å². The van der Waals surface area contributed by atoms with Crippen molar-refractivity contribution in [2.45, 2.75) is 19.9 Å². The van der Waals surface area contributed by atoms with Gasteiger partial charge in [0.05, 0.1) is 17.0 Å². The van der Waals surface area contributed by atoms with Gasteiger partial charge < -0.3 is 21.8 Å². The molecule has 7 N–H and O–H groups in total. The van der Waals surface area contributed by atoms with Crippen molar-refractivity contribution < 1.29 is 4.79 Å². The Morgan fingerprint density at radius 2 is 2.04 bits per heavy atom. The van der Waals surface area contributed by atoms with Crippen LogP contribution in [0.2, 0.25) is 0 Å². The number of aromatic nitrogens is 3. The van der Waals surface area contributed by atoms with Crippen LogP contribution in [0.5, 0.6) is 0 Å². The van der Waals surface area contributed by atoms with E-state index in [2.05, 4.69) is 20.3 Å². The first-order chi connectivity index (χ1) is 11.9. The number of benzene rings is 1. The first-order valence-corrected chi connectivity index (χ1v) is 7.75. The highest BCUT2D eigenvalue weighted by molar-refractivity contribution is 6.17. The quantitative estimate of drug-likeness (QED) is 0.451. The lowest BCUT2D eigenvalue weighted by molar-refractivity contribution is 0.100. The number of carbonyl (C=O) groups excluding carboxylic acids is 1. The van der Waals surface area contributed by atoms with Gasteiger partial charge in [0.15, 0.2) is 0 Å². The van der Waals surface area contributed by atoms with Gasteiger partial charge in [-0.1, -0.05) is 0 Å². The van der Waals surface area contributed by atoms with Crippen LogP contribution in [0.1, 0.15) is 35.5 Å². The number of amides is 1. The number of aromatic amines is 1. The number of nitrogen functional groups attached to an aromatic ring is 1. The smallest absolute Gasteiger partial charge is 0.248 e. The molecule has 2 heterocycles. The van der Waals surface area contributed by atoms with Crippen LogP contribution in [-0.4, -0.2) is 32.6 Å². The van der Waals surface area contributed by atoms with Crippen molar-refractivity contribution in [2.24, 2.45) is 5.73 Å². The van der Waals surface area contributed by atoms with Crippen molar-refractivity contribution in [3.05, 3.63) is 47.4 Å². The van der Waals surface area contributed by atoms with E-state index in [1.54, 1.807) is 24.3 Å². The van der Waals surface area contributed by atoms with E-state index in [0.29, 0.717) is 22.6 Å². The third-order valence-corrected chi connectivity index (χ3v) is 3.73. The van der Waals surface area contributed by atoms with Crippen LogP contribution in [0.4, 0.5) is 11.6 Å². The molecule has 0 bridgehead atoms. The van der Waals surface area contributed by atoms with E-state index < -0.39 is 5.91 Å². The zero-order valence-electron chi connectivity index (χ0n) is 13.9. The monoisotopic (exact) mass is 337 g/mol. The summed E-state index contributed by atoms with van der Waals surface area (Å²) in [6.45, 7) is 3.94. The second-order valence-electron chi connectivity index (χ2n) is 6.01. The molecule has 2 aromatic heterocycles. The fourth-order valence-corrected chi connectivity index (χ4v) is 2.58. The lowest BCUT2D eigenvalue weighted by atomic mass is 10.1. The van der Waals surface area contributed by atoms with Gasteiger partial charge in [-0.15, -0.1) is 0 Å². The van der Waals surface area contributed by atoms with Crippen LogP contribution in [0.25, 0.3) is 10.9 Å². The van der Waals surface area contributed by atoms with Gasteiger partial charge in [-0.2, -0.15) is 0 Å². The van der Waals surface area contributed by atoms with Crippen molar-refractivity contribution in [3.8, 4) is 0 Å². The standard InChI is InChI=1S/C17H19N7O/c1-8(2)23-17-13(15(19)21-7-22-17)14(18)12-6-10-5-9(16(20)25)3-4-11(10)24-12/h3-8,18,24H,1-2H3,(H2,20,25)(H3,19,21,22,23). The molecule has 0 saturated heterocycles. The van der Waals surface area contributed by atoms with Crippen LogP contribution in [0.15, 0.2) is 30.6 Å². The molecular weight excluding hydrogens is 318 g/mol. The number of hydrogen-bond acceptors (Lipinski definition) is 6. The Morgan fingerprint density at radius 3 is 2.72 bits per heavy atom. The van der Waals surface area contributed by atoms with E-state index in [1.165, 1.54) is 6.33 Å². The third kappa shape index (κ3) is 3.14. The molecule has 3 rings (SSSR count). The number of H-pyrrole nitrogens is 1. The molecule has 0 atom stereocenters. The first kappa shape index (κ1) is 16.4. The highest BCUT2D eigenvalue weighted by Crippen LogP contribution is 2.24. The molecular formula is C17H19N7O. The van der Waals surface area contributed by atoms with Crippen LogP contribution in [0, 0.1) is 5.41 Å². The minimum absolute atomic E-state index is 0.127. The summed E-state index contributed by atoms with van der Waals surface area (Å²) in [6.07, 6.45) is 1.36. The van der Waals surface area contributed by atoms with E-state index in [1.807, 2.05) is 13.8 Å². The van der Waals surface area contributed by atoms with Crippen molar-refractivity contribution >= 4 is 34.2 Å². The maximum absolute atomic E-state index is 11.3. The number of fused-ring (bicyclic) bond motifs is 1. The largest absolute Gasteiger partial charge is 0.383 e. The van der Waals surface area contributed by atoms with Crippen LogP contribution in [-0.2, 0) is 0 Å². The molecule has 128 valence electrons. The predicted molar refractivity (Wildman–Crippen MR) is 98.0 cm³/mol. The Kier molecular flexibility index (Phi) is 4.10. The van der Waals surface area contributed by atoms with E-state index in [9.17, 15) is 4.79 Å². The highest BCUT2D eigenvalue weighted by Gasteiger charge is 2.18. The van der Waals surface area contributed by atoms with Crippen molar-refractivity contribution in [2.75, 3.05) is 11.1 Å². The summed E-state index contributed by atoms with van der Waals surface area (Å²) in [7, 11) is 0. The summed E-state index contributed by atoms with van der Waals surface area (Å²) in [6, 6.07) is 6.98. The molecule has 0 spiro atoms. The summed E-state index contributed by atoms with van der Waals surface area (Å²) in [5.41, 5.74) is 13.6. The lowest BCUT2D eigenvalue weighted by Gasteiger charge is -2.14. The average Bonchev–Trinajstić information content (AvgIpc) is 2.97. The molecule has 0 unspecified atom stereocenters. The predicted octanol–water partition coefficient (Wildman–Crippen LogP) is 1.88. The van der Waals surface area contributed by atoms with Gasteiger partial charge in [0.2, 0.25) is 5.91 Å². The van der Waals surface area contributed by atoms with Gasteiger partial charge in [0, 0.05) is 22.5 Å². The van der Waals surface area contributed by atoms with Gasteiger partial charge in [-0.25, -0.2) is 9.97 Å². The first-order valence-electron chi connectivity index (χ1n) is 7.75. The molecule has 0 saturated carbocycles. The maximum atomic E-state index is 11.3. The van der Waals surface area contributed by atoms with Gasteiger partial charge in [-0.3, -0.25) is 10.2 Å². The van der Waals surface area contributed by atoms with E-state index >= 15 is 0 Å². The van der Waals surface area contributed by atoms with Gasteiger partial charge in [-0.05, 0) is 38.1 Å². The number of rotatable bonds is 5. The summed E-state index contributed by atoms with van der Waals surface area (Å²) < 4.78 is 0. The zero-order valence-corrected chi connectivity index (χ0v) is 13.9. The fraction of sp³-hybridized carbons (Fsp3) is 0.176. The van der Waals surface area contributed by atoms with E-state index in [-0.39, 0.29) is 17.6 Å². The van der Waals surface area contributed by atoms with Crippen molar-refractivity contribution in [1.82, 2.24) is 15.0 Å². The number of carbonyl (C=O) groups is 1. The molecule has 0 fully saturated rings. The maximum Gasteiger partial charge on any atom is 0.248 e. The number of primary amides is 1. The Bertz CT molecular complexity index is 974. The van der Waals surface area contributed by atoms with Gasteiger partial charge in [0.25, 0.3) is 0 Å². The zero-order chi connectivity index (χ0) is 18.1. The Labute approximate surface area is 144 Å². The second-order valence-corrected chi connectivity index (χ2v) is 6.01. The molecule has 8 heteroatoms. The molecule has 8 nitrogen and oxygen atoms in total. The summed E-state index contributed by atoms with van der Waals surface area (Å²) in [5, 5.41) is 12.5. The third-order valence-electron chi connectivity index (χ3n) is 3.73. The highest BCUT2D eigenvalue weighted by atomic mass is 16.1. The Balaban J connectivity index is 2.07. The topological polar surface area (TPSA) is 147 Å². The fourth-order valence-electron chi connectivity index (χ4n) is 2.58. The number of nitrogens with one attached hydrogen (secondary N) is 3. The summed E-state index contributed by atoms with van der Waals surface area (Å²) in [4.78, 5) is 22.7. The number of nitrogens with zero attached hydrogens (tertiary/aromatic N) is 2. The second kappa shape index (κ2) is 6.23. The van der Waals surface area contributed by atoms with Crippen LogP contribution >= 0.6 is 0 Å². The molecule has 3 aromatic rings. The Morgan fingerprint density at radius 1 is 1.28 bits per heavy atom. The summed E-state index contributed by atoms with van der Waals surface area (Å²) in [5.74, 6) is 0.229. The Hall–Kier alpha value is -3.42. The SMILES string of the molecule is CC(C)Nc1ncnc(N)c1C(=N)c1cc2cc(C(N)=O)ccc2[nH]1. The van der Waals surface area contributed by atoms with Gasteiger partial charge in [0.1, 0.15) is 18.0 Å². The molecule has 0 aliphatic carbocycles. The number of anilines is 2. The minimum Gasteiger partial charge on any atom is -0.383 e. The van der Waals surface area contributed by atoms with Gasteiger partial charge >= 0.3 is 0 Å². The molecule has 0 radical (unpaired) electrons. The van der Waals surface area contributed by atoms with Crippen LogP contribution in [0.3, 0.4) is 0 Å². The summed E-state index contributed by atoms with van der Waals surface area (Å²) >= 11 is 0. The van der Waals surface area contributed by atoms with Crippen molar-refractivity contribution in [3.63, 3.8) is 0 Å². The molecule has 0 aliphatic heterocycles. The number of hydrogen-bond donors (Lipinski definition) is 5. The normalized spacial score (nSPS) is 11.0.